The molecular formula is C8H7OSn. The van der Waals surface area contributed by atoms with E-state index < -0.39 is 21.1 Å². The first kappa shape index (κ1) is 7.66. The molecule has 10 heavy (non-hydrogen) atoms. The Morgan fingerprint density at radius 2 is 1.90 bits per heavy atom. The van der Waals surface area contributed by atoms with Crippen molar-refractivity contribution in [1.82, 2.24) is 0 Å². The van der Waals surface area contributed by atoms with E-state index in [1.807, 2.05) is 24.3 Å². The molecule has 0 unspecified atom stereocenters. The standard InChI is InChI=1S/C8H7.O.Sn/c1-2-8-6-4-3-5-7-8;;/h2,4-7H,1H2;;. The number of benzene rings is 1. The van der Waals surface area contributed by atoms with E-state index >= 15 is 0 Å². The molecule has 1 aromatic rings. The van der Waals surface area contributed by atoms with Gasteiger partial charge in [0, 0.05) is 0 Å². The Hall–Kier alpha value is -0.441. The van der Waals surface area contributed by atoms with Crippen LogP contribution in [0.25, 0.3) is 6.08 Å². The van der Waals surface area contributed by atoms with Crippen molar-refractivity contribution < 1.29 is 3.08 Å². The van der Waals surface area contributed by atoms with Crippen molar-refractivity contribution in [2.45, 2.75) is 0 Å². The average molecular weight is 238 g/mol. The summed E-state index contributed by atoms with van der Waals surface area (Å²) in [7, 11) is 0. The summed E-state index contributed by atoms with van der Waals surface area (Å²) < 4.78 is 11.5. The maximum atomic E-state index is 10.5. The molecule has 1 aromatic carbocycles. The molecule has 0 atom stereocenters. The third kappa shape index (κ3) is 1.77. The van der Waals surface area contributed by atoms with Gasteiger partial charge in [-0.05, 0) is 0 Å². The van der Waals surface area contributed by atoms with Gasteiger partial charge < -0.3 is 0 Å². The molecule has 49 valence electrons. The van der Waals surface area contributed by atoms with Crippen molar-refractivity contribution in [1.29, 1.82) is 0 Å². The first-order valence-electron chi connectivity index (χ1n) is 2.97. The summed E-state index contributed by atoms with van der Waals surface area (Å²) in [6, 6.07) is 7.66. The van der Waals surface area contributed by atoms with E-state index in [1.165, 1.54) is 0 Å². The van der Waals surface area contributed by atoms with Gasteiger partial charge in [0.15, 0.2) is 0 Å². The zero-order valence-electron chi connectivity index (χ0n) is 5.50. The molecule has 0 aliphatic carbocycles. The maximum absolute atomic E-state index is 10.5. The van der Waals surface area contributed by atoms with E-state index in [0.717, 1.165) is 9.14 Å². The normalized spacial score (nSPS) is 8.80. The molecule has 2 heteroatoms. The predicted octanol–water partition coefficient (Wildman–Crippen LogP) is 1.00. The number of rotatable bonds is 2. The zero-order valence-corrected chi connectivity index (χ0v) is 8.36. The first-order chi connectivity index (χ1) is 4.86. The number of hydrogen-bond acceptors (Lipinski definition) is 1. The van der Waals surface area contributed by atoms with Crippen LogP contribution < -0.4 is 3.58 Å². The van der Waals surface area contributed by atoms with Crippen LogP contribution in [-0.2, 0) is 3.08 Å². The van der Waals surface area contributed by atoms with E-state index in [9.17, 15) is 3.08 Å². The molecule has 0 heterocycles. The second-order valence-electron chi connectivity index (χ2n) is 1.93. The molecule has 0 aliphatic rings. The van der Waals surface area contributed by atoms with Crippen molar-refractivity contribution in [2.24, 2.45) is 0 Å². The molecule has 1 radical (unpaired) electrons. The van der Waals surface area contributed by atoms with Gasteiger partial charge in [0.05, 0.1) is 0 Å². The van der Waals surface area contributed by atoms with Gasteiger partial charge in [-0.3, -0.25) is 0 Å². The minimum atomic E-state index is -1.46. The van der Waals surface area contributed by atoms with Gasteiger partial charge in [0.25, 0.3) is 0 Å². The fourth-order valence-electron chi connectivity index (χ4n) is 0.687. The summed E-state index contributed by atoms with van der Waals surface area (Å²) in [6.45, 7) is 3.62. The molecule has 0 N–H and O–H groups in total. The SMILES string of the molecule is C=Cc1cc[c]([Sn]=[O])cc1. The molecule has 0 aliphatic heterocycles. The molecule has 0 amide bonds. The Morgan fingerprint density at radius 3 is 2.30 bits per heavy atom. The molecule has 0 aromatic heterocycles. The molecular weight excluding hydrogens is 231 g/mol. The van der Waals surface area contributed by atoms with Gasteiger partial charge in [-0.15, -0.1) is 0 Å². The summed E-state index contributed by atoms with van der Waals surface area (Å²) in [5, 5.41) is 0. The summed E-state index contributed by atoms with van der Waals surface area (Å²) >= 11 is -1.46. The summed E-state index contributed by atoms with van der Waals surface area (Å²) in [4.78, 5) is 0. The van der Waals surface area contributed by atoms with Crippen LogP contribution in [0.15, 0.2) is 30.8 Å². The van der Waals surface area contributed by atoms with Gasteiger partial charge in [0.2, 0.25) is 0 Å². The topological polar surface area (TPSA) is 17.1 Å². The zero-order chi connectivity index (χ0) is 7.40. The van der Waals surface area contributed by atoms with Crippen LogP contribution in [0.2, 0.25) is 0 Å². The molecule has 1 nitrogen and oxygen atoms in total. The van der Waals surface area contributed by atoms with E-state index in [1.54, 1.807) is 6.08 Å². The molecule has 0 saturated carbocycles. The van der Waals surface area contributed by atoms with E-state index in [2.05, 4.69) is 6.58 Å². The third-order valence-corrected chi connectivity index (χ3v) is 2.89. The van der Waals surface area contributed by atoms with Gasteiger partial charge in [-0.25, -0.2) is 0 Å². The molecule has 0 spiro atoms. The Morgan fingerprint density at radius 1 is 1.30 bits per heavy atom. The second-order valence-corrected chi connectivity index (χ2v) is 4.16. The van der Waals surface area contributed by atoms with E-state index in [0.29, 0.717) is 0 Å². The predicted molar refractivity (Wildman–Crippen MR) is 42.6 cm³/mol. The van der Waals surface area contributed by atoms with Gasteiger partial charge >= 0.3 is 70.3 Å². The van der Waals surface area contributed by atoms with Crippen LogP contribution in [0.1, 0.15) is 5.56 Å². The Kier molecular flexibility index (Phi) is 2.80. The Labute approximate surface area is 70.4 Å². The second kappa shape index (κ2) is 3.66. The average Bonchev–Trinajstić information content (AvgIpc) is 2.05. The monoisotopic (exact) mass is 239 g/mol. The number of hydrogen-bond donors (Lipinski definition) is 0. The van der Waals surface area contributed by atoms with Gasteiger partial charge in [0.1, 0.15) is 0 Å². The fourth-order valence-corrected chi connectivity index (χ4v) is 1.55. The fraction of sp³-hybridized carbons (Fsp3) is 0. The summed E-state index contributed by atoms with van der Waals surface area (Å²) in [5.41, 5.74) is 1.08. The van der Waals surface area contributed by atoms with Crippen LogP contribution >= 0.6 is 0 Å². The quantitative estimate of drug-likeness (QED) is 0.702. The van der Waals surface area contributed by atoms with Crippen molar-refractivity contribution >= 4 is 30.8 Å². The van der Waals surface area contributed by atoms with Crippen LogP contribution in [0.3, 0.4) is 0 Å². The molecule has 0 saturated heterocycles. The van der Waals surface area contributed by atoms with Crippen molar-refractivity contribution in [3.63, 3.8) is 0 Å². The van der Waals surface area contributed by atoms with Crippen LogP contribution in [0.4, 0.5) is 0 Å². The van der Waals surface area contributed by atoms with Gasteiger partial charge in [-0.1, -0.05) is 0 Å². The van der Waals surface area contributed by atoms with Crippen molar-refractivity contribution in [2.75, 3.05) is 0 Å². The Balaban J connectivity index is 3.00. The molecule has 0 fully saturated rings. The van der Waals surface area contributed by atoms with Crippen molar-refractivity contribution in [3.8, 4) is 0 Å². The Bertz CT molecular complexity index is 211. The minimum absolute atomic E-state index is 0.995. The van der Waals surface area contributed by atoms with E-state index in [-0.39, 0.29) is 0 Å². The van der Waals surface area contributed by atoms with Crippen LogP contribution in [-0.4, -0.2) is 21.1 Å². The third-order valence-electron chi connectivity index (χ3n) is 1.26. The summed E-state index contributed by atoms with van der Waals surface area (Å²) in [5.74, 6) is 0. The van der Waals surface area contributed by atoms with Gasteiger partial charge in [-0.2, -0.15) is 0 Å². The van der Waals surface area contributed by atoms with Crippen LogP contribution in [0, 0.1) is 0 Å². The summed E-state index contributed by atoms with van der Waals surface area (Å²) in [6.07, 6.45) is 1.78. The van der Waals surface area contributed by atoms with Crippen LogP contribution in [0.5, 0.6) is 0 Å². The first-order valence-corrected chi connectivity index (χ1v) is 5.56. The molecule has 1 rings (SSSR count). The van der Waals surface area contributed by atoms with Crippen molar-refractivity contribution in [3.05, 3.63) is 36.4 Å². The van der Waals surface area contributed by atoms with E-state index in [4.69, 9.17) is 0 Å². The molecule has 0 bridgehead atoms.